The Balaban J connectivity index is 2.27. The molecule has 0 spiro atoms. The van der Waals surface area contributed by atoms with E-state index in [0.29, 0.717) is 6.04 Å². The lowest BCUT2D eigenvalue weighted by Gasteiger charge is -2.22. The lowest BCUT2D eigenvalue weighted by Crippen LogP contribution is -2.35. The first-order valence-electron chi connectivity index (χ1n) is 7.41. The largest absolute Gasteiger partial charge is 0.383 e. The Morgan fingerprint density at radius 3 is 2.70 bits per heavy atom. The van der Waals surface area contributed by atoms with E-state index in [0.717, 1.165) is 30.9 Å². The lowest BCUT2D eigenvalue weighted by molar-refractivity contribution is 0.158. The van der Waals surface area contributed by atoms with E-state index in [2.05, 4.69) is 48.9 Å². The van der Waals surface area contributed by atoms with Gasteiger partial charge >= 0.3 is 0 Å². The van der Waals surface area contributed by atoms with Gasteiger partial charge in [-0.15, -0.1) is 0 Å². The first-order valence-corrected chi connectivity index (χ1v) is 7.41. The number of ether oxygens (including phenoxy) is 1. The summed E-state index contributed by atoms with van der Waals surface area (Å²) in [5.41, 5.74) is 2.27. The Labute approximate surface area is 121 Å². The zero-order valence-electron chi connectivity index (χ0n) is 12.9. The monoisotopic (exact) mass is 275 g/mol. The number of hydrogen-bond donors (Lipinski definition) is 1. The number of para-hydroxylation sites is 2. The predicted octanol–water partition coefficient (Wildman–Crippen LogP) is 3.13. The molecule has 2 rings (SSSR count). The zero-order valence-corrected chi connectivity index (χ0v) is 12.9. The molecule has 2 aromatic rings. The highest BCUT2D eigenvalue weighted by Gasteiger charge is 2.18. The standard InChI is InChI=1S/C16H25N3O/c1-5-13(11-20-4)17-12(3)16-18-14-9-7-8-10-15(14)19(16)6-2/h7-10,12-13,17H,5-6,11H2,1-4H3/t12-,13-/m1/s1. The molecule has 0 bridgehead atoms. The van der Waals surface area contributed by atoms with Crippen LogP contribution in [-0.4, -0.2) is 29.3 Å². The Kier molecular flexibility index (Phi) is 5.15. The first-order chi connectivity index (χ1) is 9.71. The molecule has 1 N–H and O–H groups in total. The van der Waals surface area contributed by atoms with E-state index < -0.39 is 0 Å². The molecule has 0 fully saturated rings. The molecule has 4 nitrogen and oxygen atoms in total. The molecule has 1 heterocycles. The number of rotatable bonds is 7. The normalized spacial score (nSPS) is 14.6. The second kappa shape index (κ2) is 6.86. The van der Waals surface area contributed by atoms with Gasteiger partial charge in [-0.2, -0.15) is 0 Å². The zero-order chi connectivity index (χ0) is 14.5. The van der Waals surface area contributed by atoms with Crippen molar-refractivity contribution in [2.24, 2.45) is 0 Å². The third-order valence-electron chi connectivity index (χ3n) is 3.73. The highest BCUT2D eigenvalue weighted by molar-refractivity contribution is 5.76. The fourth-order valence-corrected chi connectivity index (χ4v) is 2.67. The Morgan fingerprint density at radius 1 is 1.30 bits per heavy atom. The topological polar surface area (TPSA) is 39.1 Å². The maximum atomic E-state index is 5.26. The van der Waals surface area contributed by atoms with E-state index in [1.807, 2.05) is 6.07 Å². The quantitative estimate of drug-likeness (QED) is 0.844. The molecule has 0 aliphatic heterocycles. The molecule has 0 radical (unpaired) electrons. The molecule has 0 saturated heterocycles. The van der Waals surface area contributed by atoms with Crippen LogP contribution in [0.3, 0.4) is 0 Å². The number of aromatic nitrogens is 2. The molecule has 0 unspecified atom stereocenters. The molecular formula is C16H25N3O. The van der Waals surface area contributed by atoms with Crippen molar-refractivity contribution in [3.8, 4) is 0 Å². The van der Waals surface area contributed by atoms with Crippen LogP contribution in [0.2, 0.25) is 0 Å². The highest BCUT2D eigenvalue weighted by Crippen LogP contribution is 2.21. The van der Waals surface area contributed by atoms with Crippen molar-refractivity contribution in [3.63, 3.8) is 0 Å². The first kappa shape index (κ1) is 15.0. The van der Waals surface area contributed by atoms with E-state index in [1.165, 1.54) is 5.52 Å². The molecular weight excluding hydrogens is 250 g/mol. The molecule has 110 valence electrons. The van der Waals surface area contributed by atoms with Crippen LogP contribution in [0, 0.1) is 0 Å². The van der Waals surface area contributed by atoms with Crippen LogP contribution in [0.15, 0.2) is 24.3 Å². The van der Waals surface area contributed by atoms with Crippen molar-refractivity contribution < 1.29 is 4.74 Å². The van der Waals surface area contributed by atoms with Gasteiger partial charge in [0.05, 0.1) is 23.7 Å². The summed E-state index contributed by atoms with van der Waals surface area (Å²) in [7, 11) is 1.75. The maximum Gasteiger partial charge on any atom is 0.126 e. The third-order valence-corrected chi connectivity index (χ3v) is 3.73. The fraction of sp³-hybridized carbons (Fsp3) is 0.562. The van der Waals surface area contributed by atoms with Crippen LogP contribution in [0.1, 0.15) is 39.1 Å². The molecule has 0 aliphatic carbocycles. The summed E-state index contributed by atoms with van der Waals surface area (Å²) in [5, 5.41) is 3.61. The second-order valence-electron chi connectivity index (χ2n) is 5.15. The van der Waals surface area contributed by atoms with Gasteiger partial charge in [0.2, 0.25) is 0 Å². The molecule has 1 aromatic carbocycles. The summed E-state index contributed by atoms with van der Waals surface area (Å²) in [6, 6.07) is 8.88. The van der Waals surface area contributed by atoms with Crippen LogP contribution in [0.25, 0.3) is 11.0 Å². The lowest BCUT2D eigenvalue weighted by atomic mass is 10.2. The maximum absolute atomic E-state index is 5.26. The van der Waals surface area contributed by atoms with E-state index in [4.69, 9.17) is 9.72 Å². The summed E-state index contributed by atoms with van der Waals surface area (Å²) in [6.45, 7) is 8.17. The van der Waals surface area contributed by atoms with Gasteiger partial charge in [-0.1, -0.05) is 19.1 Å². The predicted molar refractivity (Wildman–Crippen MR) is 82.9 cm³/mol. The van der Waals surface area contributed by atoms with E-state index >= 15 is 0 Å². The fourth-order valence-electron chi connectivity index (χ4n) is 2.67. The van der Waals surface area contributed by atoms with E-state index in [1.54, 1.807) is 7.11 Å². The van der Waals surface area contributed by atoms with Gasteiger partial charge in [-0.25, -0.2) is 4.98 Å². The van der Waals surface area contributed by atoms with E-state index in [-0.39, 0.29) is 6.04 Å². The van der Waals surface area contributed by atoms with E-state index in [9.17, 15) is 0 Å². The van der Waals surface area contributed by atoms with Gasteiger partial charge in [0.15, 0.2) is 0 Å². The van der Waals surface area contributed by atoms with Crippen molar-refractivity contribution in [2.75, 3.05) is 13.7 Å². The molecule has 2 atom stereocenters. The molecule has 20 heavy (non-hydrogen) atoms. The second-order valence-corrected chi connectivity index (χ2v) is 5.15. The summed E-state index contributed by atoms with van der Waals surface area (Å²) >= 11 is 0. The molecule has 1 aromatic heterocycles. The minimum atomic E-state index is 0.211. The molecule has 0 aliphatic rings. The summed E-state index contributed by atoms with van der Waals surface area (Å²) < 4.78 is 7.54. The SMILES string of the molecule is CC[C@H](COC)N[C@H](C)c1nc2ccccc2n1CC. The number of benzene rings is 1. The number of nitrogens with one attached hydrogen (secondary N) is 1. The van der Waals surface area contributed by atoms with Crippen molar-refractivity contribution in [1.29, 1.82) is 0 Å². The number of imidazole rings is 1. The smallest absolute Gasteiger partial charge is 0.126 e. The Morgan fingerprint density at radius 2 is 2.05 bits per heavy atom. The minimum absolute atomic E-state index is 0.211. The Bertz CT molecular complexity index is 550. The van der Waals surface area contributed by atoms with Crippen molar-refractivity contribution in [3.05, 3.63) is 30.1 Å². The van der Waals surface area contributed by atoms with Crippen molar-refractivity contribution in [1.82, 2.24) is 14.9 Å². The highest BCUT2D eigenvalue weighted by atomic mass is 16.5. The van der Waals surface area contributed by atoms with Gasteiger partial charge in [0.25, 0.3) is 0 Å². The number of hydrogen-bond acceptors (Lipinski definition) is 3. The third kappa shape index (κ3) is 3.02. The van der Waals surface area contributed by atoms with Crippen LogP contribution in [0.5, 0.6) is 0 Å². The van der Waals surface area contributed by atoms with Crippen molar-refractivity contribution in [2.45, 2.75) is 45.8 Å². The van der Waals surface area contributed by atoms with Crippen LogP contribution >= 0.6 is 0 Å². The van der Waals surface area contributed by atoms with Gasteiger partial charge in [0.1, 0.15) is 5.82 Å². The van der Waals surface area contributed by atoms with Gasteiger partial charge in [-0.3, -0.25) is 0 Å². The van der Waals surface area contributed by atoms with Gasteiger partial charge in [-0.05, 0) is 32.4 Å². The van der Waals surface area contributed by atoms with Gasteiger partial charge in [0, 0.05) is 19.7 Å². The van der Waals surface area contributed by atoms with Crippen molar-refractivity contribution >= 4 is 11.0 Å². The number of fused-ring (bicyclic) bond motifs is 1. The molecule has 0 amide bonds. The molecule has 0 saturated carbocycles. The number of aryl methyl sites for hydroxylation is 1. The summed E-state index contributed by atoms with van der Waals surface area (Å²) in [5.74, 6) is 1.10. The van der Waals surface area contributed by atoms with Crippen LogP contribution in [0.4, 0.5) is 0 Å². The van der Waals surface area contributed by atoms with Crippen LogP contribution < -0.4 is 5.32 Å². The minimum Gasteiger partial charge on any atom is -0.383 e. The number of methoxy groups -OCH3 is 1. The number of nitrogens with zero attached hydrogens (tertiary/aromatic N) is 2. The molecule has 4 heteroatoms. The summed E-state index contributed by atoms with van der Waals surface area (Å²) in [6.07, 6.45) is 1.05. The Hall–Kier alpha value is -1.39. The average molecular weight is 275 g/mol. The van der Waals surface area contributed by atoms with Crippen LogP contribution in [-0.2, 0) is 11.3 Å². The summed E-state index contributed by atoms with van der Waals surface area (Å²) in [4.78, 5) is 4.79. The average Bonchev–Trinajstić information content (AvgIpc) is 2.85. The van der Waals surface area contributed by atoms with Gasteiger partial charge < -0.3 is 14.6 Å².